The molecule has 0 atom stereocenters. The SMILES string of the molecule is NC(=S)NNC(=O)c1ccncc1Cl. The van der Waals surface area contributed by atoms with Crippen LogP contribution in [0.3, 0.4) is 0 Å². The zero-order chi connectivity index (χ0) is 10.6. The number of nitrogens with one attached hydrogen (secondary N) is 2. The van der Waals surface area contributed by atoms with E-state index >= 15 is 0 Å². The van der Waals surface area contributed by atoms with Crippen molar-refractivity contribution >= 4 is 34.8 Å². The third-order valence-corrected chi connectivity index (χ3v) is 1.72. The van der Waals surface area contributed by atoms with Gasteiger partial charge < -0.3 is 5.73 Å². The van der Waals surface area contributed by atoms with E-state index in [0.717, 1.165) is 0 Å². The van der Waals surface area contributed by atoms with Crippen LogP contribution in [0.2, 0.25) is 5.02 Å². The number of hydrogen-bond donors (Lipinski definition) is 3. The van der Waals surface area contributed by atoms with Gasteiger partial charge in [0.25, 0.3) is 5.91 Å². The summed E-state index contributed by atoms with van der Waals surface area (Å²) >= 11 is 10.2. The molecule has 7 heteroatoms. The molecule has 0 saturated heterocycles. The molecule has 1 heterocycles. The summed E-state index contributed by atoms with van der Waals surface area (Å²) in [6.07, 6.45) is 2.83. The highest BCUT2D eigenvalue weighted by Gasteiger charge is 2.08. The number of halogens is 1. The minimum atomic E-state index is -0.426. The van der Waals surface area contributed by atoms with Gasteiger partial charge in [0.05, 0.1) is 10.6 Å². The molecule has 0 spiro atoms. The Morgan fingerprint density at radius 3 is 2.86 bits per heavy atom. The second kappa shape index (κ2) is 4.73. The Kier molecular flexibility index (Phi) is 3.61. The minimum absolute atomic E-state index is 0.0245. The normalized spacial score (nSPS) is 9.21. The number of amides is 1. The Bertz CT molecular complexity index is 370. The van der Waals surface area contributed by atoms with E-state index in [-0.39, 0.29) is 10.1 Å². The highest BCUT2D eigenvalue weighted by atomic mass is 35.5. The summed E-state index contributed by atoms with van der Waals surface area (Å²) < 4.78 is 0. The van der Waals surface area contributed by atoms with Crippen molar-refractivity contribution in [2.24, 2.45) is 5.73 Å². The summed E-state index contributed by atoms with van der Waals surface area (Å²) in [6.45, 7) is 0. The predicted octanol–water partition coefficient (Wildman–Crippen LogP) is 0.213. The maximum absolute atomic E-state index is 11.4. The molecule has 1 rings (SSSR count). The van der Waals surface area contributed by atoms with E-state index in [9.17, 15) is 4.79 Å². The molecule has 0 aromatic carbocycles. The van der Waals surface area contributed by atoms with E-state index < -0.39 is 5.91 Å². The first-order valence-corrected chi connectivity index (χ1v) is 4.35. The van der Waals surface area contributed by atoms with Gasteiger partial charge in [0, 0.05) is 12.4 Å². The molecule has 14 heavy (non-hydrogen) atoms. The van der Waals surface area contributed by atoms with Crippen molar-refractivity contribution in [1.82, 2.24) is 15.8 Å². The van der Waals surface area contributed by atoms with Crippen LogP contribution < -0.4 is 16.6 Å². The molecule has 1 amide bonds. The molecule has 0 aliphatic carbocycles. The Morgan fingerprint density at radius 2 is 2.29 bits per heavy atom. The van der Waals surface area contributed by atoms with Crippen molar-refractivity contribution in [3.63, 3.8) is 0 Å². The molecule has 0 aliphatic heterocycles. The first-order chi connectivity index (χ1) is 6.61. The van der Waals surface area contributed by atoms with Gasteiger partial charge in [-0.1, -0.05) is 11.6 Å². The number of rotatable bonds is 1. The summed E-state index contributed by atoms with van der Waals surface area (Å²) in [7, 11) is 0. The number of hydrazine groups is 1. The third-order valence-electron chi connectivity index (χ3n) is 1.32. The van der Waals surface area contributed by atoms with Crippen LogP contribution in [0.4, 0.5) is 0 Å². The monoisotopic (exact) mass is 230 g/mol. The quantitative estimate of drug-likeness (QED) is 0.475. The zero-order valence-corrected chi connectivity index (χ0v) is 8.52. The molecular formula is C7H7ClN4OS. The van der Waals surface area contributed by atoms with Gasteiger partial charge in [-0.2, -0.15) is 0 Å². The molecule has 1 aromatic rings. The highest BCUT2D eigenvalue weighted by molar-refractivity contribution is 7.80. The van der Waals surface area contributed by atoms with Crippen molar-refractivity contribution in [2.45, 2.75) is 0 Å². The van der Waals surface area contributed by atoms with Gasteiger partial charge >= 0.3 is 0 Å². The smallest absolute Gasteiger partial charge is 0.271 e. The van der Waals surface area contributed by atoms with E-state index in [0.29, 0.717) is 5.56 Å². The van der Waals surface area contributed by atoms with Crippen LogP contribution in [0.25, 0.3) is 0 Å². The van der Waals surface area contributed by atoms with Gasteiger partial charge in [-0.3, -0.25) is 20.6 Å². The molecule has 5 nitrogen and oxygen atoms in total. The molecule has 0 unspecified atom stereocenters. The van der Waals surface area contributed by atoms with Gasteiger partial charge in [-0.05, 0) is 18.3 Å². The maximum atomic E-state index is 11.4. The lowest BCUT2D eigenvalue weighted by Gasteiger charge is -2.06. The second-order valence-corrected chi connectivity index (χ2v) is 3.15. The Labute approximate surface area is 90.6 Å². The number of nitrogens with two attached hydrogens (primary N) is 1. The number of thiocarbonyl (C=S) groups is 1. The van der Waals surface area contributed by atoms with Crippen LogP contribution in [-0.2, 0) is 0 Å². The molecule has 0 saturated carbocycles. The Hall–Kier alpha value is -1.40. The number of carbonyl (C=O) groups is 1. The third kappa shape index (κ3) is 2.82. The van der Waals surface area contributed by atoms with E-state index in [4.69, 9.17) is 17.3 Å². The highest BCUT2D eigenvalue weighted by Crippen LogP contribution is 2.12. The van der Waals surface area contributed by atoms with Crippen molar-refractivity contribution in [3.05, 3.63) is 29.0 Å². The molecule has 0 radical (unpaired) electrons. The number of pyridine rings is 1. The van der Waals surface area contributed by atoms with E-state index in [1.807, 2.05) is 0 Å². The summed E-state index contributed by atoms with van der Waals surface area (Å²) in [6, 6.07) is 1.49. The molecule has 0 bridgehead atoms. The summed E-state index contributed by atoms with van der Waals surface area (Å²) in [5.41, 5.74) is 9.99. The van der Waals surface area contributed by atoms with E-state index in [1.54, 1.807) is 0 Å². The number of carbonyl (C=O) groups excluding carboxylic acids is 1. The van der Waals surface area contributed by atoms with E-state index in [2.05, 4.69) is 28.1 Å². The van der Waals surface area contributed by atoms with Gasteiger partial charge in [-0.25, -0.2) is 0 Å². The Balaban J connectivity index is 2.70. The first kappa shape index (κ1) is 10.7. The van der Waals surface area contributed by atoms with Gasteiger partial charge in [-0.15, -0.1) is 0 Å². The van der Waals surface area contributed by atoms with Crippen LogP contribution in [-0.4, -0.2) is 16.0 Å². The minimum Gasteiger partial charge on any atom is -0.375 e. The zero-order valence-electron chi connectivity index (χ0n) is 6.95. The van der Waals surface area contributed by atoms with Crippen LogP contribution in [0.15, 0.2) is 18.5 Å². The van der Waals surface area contributed by atoms with Crippen LogP contribution in [0.1, 0.15) is 10.4 Å². The van der Waals surface area contributed by atoms with Crippen LogP contribution >= 0.6 is 23.8 Å². The standard InChI is InChI=1S/C7H7ClN4OS/c8-5-3-10-2-1-4(5)6(13)11-12-7(9)14/h1-3H,(H,11,13)(H3,9,12,14). The summed E-state index contributed by atoms with van der Waals surface area (Å²) in [5, 5.41) is 0.235. The fourth-order valence-electron chi connectivity index (χ4n) is 0.745. The number of nitrogens with zero attached hydrogens (tertiary/aromatic N) is 1. The fraction of sp³-hybridized carbons (Fsp3) is 0. The second-order valence-electron chi connectivity index (χ2n) is 2.30. The van der Waals surface area contributed by atoms with Gasteiger partial charge in [0.2, 0.25) is 0 Å². The average Bonchev–Trinajstić information content (AvgIpc) is 2.15. The first-order valence-electron chi connectivity index (χ1n) is 3.56. The summed E-state index contributed by atoms with van der Waals surface area (Å²) in [5.74, 6) is -0.426. The van der Waals surface area contributed by atoms with Crippen LogP contribution in [0.5, 0.6) is 0 Å². The number of hydrogen-bond acceptors (Lipinski definition) is 3. The van der Waals surface area contributed by atoms with Crippen molar-refractivity contribution in [2.75, 3.05) is 0 Å². The molecule has 0 fully saturated rings. The predicted molar refractivity (Wildman–Crippen MR) is 56.6 cm³/mol. The Morgan fingerprint density at radius 1 is 1.57 bits per heavy atom. The van der Waals surface area contributed by atoms with E-state index in [1.165, 1.54) is 18.5 Å². The molecular weight excluding hydrogens is 224 g/mol. The van der Waals surface area contributed by atoms with Crippen molar-refractivity contribution in [3.8, 4) is 0 Å². The maximum Gasteiger partial charge on any atom is 0.271 e. The lowest BCUT2D eigenvalue weighted by molar-refractivity contribution is 0.0944. The fourth-order valence-corrected chi connectivity index (χ4v) is 1.00. The lowest BCUT2D eigenvalue weighted by Crippen LogP contribution is -2.44. The van der Waals surface area contributed by atoms with Gasteiger partial charge in [0.1, 0.15) is 0 Å². The van der Waals surface area contributed by atoms with Crippen molar-refractivity contribution < 1.29 is 4.79 Å². The topological polar surface area (TPSA) is 80.0 Å². The molecule has 0 aliphatic rings. The summed E-state index contributed by atoms with van der Waals surface area (Å²) in [4.78, 5) is 15.1. The lowest BCUT2D eigenvalue weighted by atomic mass is 10.2. The van der Waals surface area contributed by atoms with Gasteiger partial charge in [0.15, 0.2) is 5.11 Å². The largest absolute Gasteiger partial charge is 0.375 e. The van der Waals surface area contributed by atoms with Crippen LogP contribution in [0, 0.1) is 0 Å². The average molecular weight is 231 g/mol. The molecule has 74 valence electrons. The molecule has 4 N–H and O–H groups in total. The number of aromatic nitrogens is 1. The van der Waals surface area contributed by atoms with Crippen molar-refractivity contribution in [1.29, 1.82) is 0 Å². The molecule has 1 aromatic heterocycles.